The Hall–Kier alpha value is -3.95. The molecular weight excluding hydrogens is 464 g/mol. The number of anilines is 1. The number of piperidine rings is 1. The predicted molar refractivity (Wildman–Crippen MR) is 122 cm³/mol. The van der Waals surface area contributed by atoms with Crippen LogP contribution in [0.2, 0.25) is 0 Å². The molecule has 3 heterocycles. The highest BCUT2D eigenvalue weighted by atomic mass is 19.4. The molecule has 0 spiro atoms. The van der Waals surface area contributed by atoms with E-state index < -0.39 is 29.4 Å². The maximum atomic E-state index is 15.0. The molecule has 1 fully saturated rings. The number of hydrogen-bond donors (Lipinski definition) is 2. The van der Waals surface area contributed by atoms with Gasteiger partial charge in [-0.1, -0.05) is 6.07 Å². The normalized spacial score (nSPS) is 16.6. The maximum absolute atomic E-state index is 15.0. The summed E-state index contributed by atoms with van der Waals surface area (Å²) < 4.78 is 53.9. The molecule has 0 bridgehead atoms. The molecule has 5 rings (SSSR count). The van der Waals surface area contributed by atoms with Gasteiger partial charge < -0.3 is 15.0 Å². The number of aromatic nitrogens is 3. The molecule has 35 heavy (non-hydrogen) atoms. The van der Waals surface area contributed by atoms with Gasteiger partial charge >= 0.3 is 12.1 Å². The van der Waals surface area contributed by atoms with Crippen molar-refractivity contribution >= 4 is 22.8 Å². The average Bonchev–Trinajstić information content (AvgIpc) is 3.27. The standard InChI is InChI=1S/C25H20F4N4O2/c26-19-10-14(15-4-8-22(30-12-15)33-9-1-2-16(13-33)24(34)35)3-6-18(19)23-31-20-7-5-17(25(27,28)29)11-21(20)32-23/h3-8,10-12,16H,1-2,9,13H2,(H,31,32)(H,34,35). The summed E-state index contributed by atoms with van der Waals surface area (Å²) in [4.78, 5) is 24.7. The topological polar surface area (TPSA) is 82.1 Å². The number of nitrogens with one attached hydrogen (secondary N) is 1. The lowest BCUT2D eigenvalue weighted by atomic mass is 9.98. The number of pyridine rings is 1. The SMILES string of the molecule is O=C(O)C1CCCN(c2ccc(-c3ccc(-c4nc5ccc(C(F)(F)F)cc5[nH]4)c(F)c3)cn2)C1. The van der Waals surface area contributed by atoms with Crippen molar-refractivity contribution in [3.63, 3.8) is 0 Å². The molecule has 2 aromatic carbocycles. The molecule has 2 N–H and O–H groups in total. The summed E-state index contributed by atoms with van der Waals surface area (Å²) in [7, 11) is 0. The number of imidazole rings is 1. The maximum Gasteiger partial charge on any atom is 0.416 e. The minimum Gasteiger partial charge on any atom is -0.481 e. The lowest BCUT2D eigenvalue weighted by molar-refractivity contribution is -0.142. The summed E-state index contributed by atoms with van der Waals surface area (Å²) >= 11 is 0. The number of hydrogen-bond acceptors (Lipinski definition) is 4. The first kappa shape index (κ1) is 22.8. The summed E-state index contributed by atoms with van der Waals surface area (Å²) in [5.41, 5.74) is 1.04. The van der Waals surface area contributed by atoms with Crippen molar-refractivity contribution in [1.29, 1.82) is 0 Å². The van der Waals surface area contributed by atoms with Crippen molar-refractivity contribution in [2.24, 2.45) is 5.92 Å². The highest BCUT2D eigenvalue weighted by Gasteiger charge is 2.31. The third-order valence-corrected chi connectivity index (χ3v) is 6.21. The first-order valence-corrected chi connectivity index (χ1v) is 11.0. The van der Waals surface area contributed by atoms with Crippen molar-refractivity contribution in [3.05, 3.63) is 66.1 Å². The number of carbonyl (C=O) groups is 1. The van der Waals surface area contributed by atoms with Gasteiger partial charge in [-0.15, -0.1) is 0 Å². The number of carboxylic acid groups (broad SMARTS) is 1. The summed E-state index contributed by atoms with van der Waals surface area (Å²) in [6.45, 7) is 1.12. The van der Waals surface area contributed by atoms with Gasteiger partial charge in [-0.25, -0.2) is 14.4 Å². The second-order valence-electron chi connectivity index (χ2n) is 8.54. The first-order chi connectivity index (χ1) is 16.7. The molecule has 1 aliphatic rings. The van der Waals surface area contributed by atoms with Gasteiger partial charge in [0.2, 0.25) is 0 Å². The lowest BCUT2D eigenvalue weighted by Gasteiger charge is -2.31. The van der Waals surface area contributed by atoms with Crippen LogP contribution < -0.4 is 4.90 Å². The van der Waals surface area contributed by atoms with E-state index >= 15 is 0 Å². The fourth-order valence-corrected chi connectivity index (χ4v) is 4.33. The molecule has 1 atom stereocenters. The first-order valence-electron chi connectivity index (χ1n) is 11.0. The molecule has 10 heteroatoms. The Labute approximate surface area is 197 Å². The van der Waals surface area contributed by atoms with E-state index in [1.54, 1.807) is 24.4 Å². The smallest absolute Gasteiger partial charge is 0.416 e. The number of halogens is 4. The molecule has 180 valence electrons. The molecule has 1 aliphatic heterocycles. The third kappa shape index (κ3) is 4.55. The Morgan fingerprint density at radius 1 is 1.09 bits per heavy atom. The number of alkyl halides is 3. The molecule has 4 aromatic rings. The summed E-state index contributed by atoms with van der Waals surface area (Å²) in [5, 5.41) is 9.28. The van der Waals surface area contributed by atoms with E-state index in [4.69, 9.17) is 0 Å². The molecule has 2 aromatic heterocycles. The number of aromatic amines is 1. The summed E-state index contributed by atoms with van der Waals surface area (Å²) in [5.74, 6) is -1.02. The molecule has 0 aliphatic carbocycles. The van der Waals surface area contributed by atoms with Crippen molar-refractivity contribution < 1.29 is 27.5 Å². The second-order valence-corrected chi connectivity index (χ2v) is 8.54. The zero-order valence-electron chi connectivity index (χ0n) is 18.3. The van der Waals surface area contributed by atoms with E-state index in [-0.39, 0.29) is 16.9 Å². The number of nitrogens with zero attached hydrogens (tertiary/aromatic N) is 3. The van der Waals surface area contributed by atoms with Gasteiger partial charge in [0, 0.05) is 24.8 Å². The van der Waals surface area contributed by atoms with Crippen LogP contribution in [0.5, 0.6) is 0 Å². The number of rotatable bonds is 4. The Morgan fingerprint density at radius 2 is 1.89 bits per heavy atom. The highest BCUT2D eigenvalue weighted by molar-refractivity contribution is 5.81. The van der Waals surface area contributed by atoms with Gasteiger partial charge in [0.05, 0.1) is 28.1 Å². The van der Waals surface area contributed by atoms with Crippen molar-refractivity contribution in [3.8, 4) is 22.5 Å². The van der Waals surface area contributed by atoms with E-state index in [1.165, 1.54) is 18.2 Å². The quantitative estimate of drug-likeness (QED) is 0.361. The van der Waals surface area contributed by atoms with Gasteiger partial charge in [0.25, 0.3) is 0 Å². The van der Waals surface area contributed by atoms with Gasteiger partial charge in [-0.2, -0.15) is 13.2 Å². The largest absolute Gasteiger partial charge is 0.481 e. The number of aliphatic carboxylic acids is 1. The van der Waals surface area contributed by atoms with E-state index in [1.807, 2.05) is 4.90 Å². The fraction of sp³-hybridized carbons (Fsp3) is 0.240. The number of benzene rings is 2. The van der Waals surface area contributed by atoms with Crippen LogP contribution in [-0.4, -0.2) is 39.1 Å². The van der Waals surface area contributed by atoms with Crippen LogP contribution in [0.1, 0.15) is 18.4 Å². The van der Waals surface area contributed by atoms with E-state index in [0.29, 0.717) is 35.4 Å². The lowest BCUT2D eigenvalue weighted by Crippen LogP contribution is -2.39. The third-order valence-electron chi connectivity index (χ3n) is 6.21. The van der Waals surface area contributed by atoms with Crippen LogP contribution >= 0.6 is 0 Å². The Balaban J connectivity index is 1.38. The van der Waals surface area contributed by atoms with Crippen LogP contribution in [0, 0.1) is 11.7 Å². The highest BCUT2D eigenvalue weighted by Crippen LogP contribution is 2.33. The zero-order valence-corrected chi connectivity index (χ0v) is 18.3. The molecule has 0 saturated carbocycles. The second kappa shape index (κ2) is 8.68. The van der Waals surface area contributed by atoms with E-state index in [9.17, 15) is 27.5 Å². The Bertz CT molecular complexity index is 1400. The van der Waals surface area contributed by atoms with E-state index in [2.05, 4.69) is 15.0 Å². The Morgan fingerprint density at radius 3 is 2.57 bits per heavy atom. The van der Waals surface area contributed by atoms with Gasteiger partial charge in [0.15, 0.2) is 0 Å². The number of carboxylic acids is 1. The van der Waals surface area contributed by atoms with Crippen molar-refractivity contribution in [1.82, 2.24) is 15.0 Å². The molecule has 0 radical (unpaired) electrons. The molecule has 1 saturated heterocycles. The number of H-pyrrole nitrogens is 1. The van der Waals surface area contributed by atoms with E-state index in [0.717, 1.165) is 25.1 Å². The van der Waals surface area contributed by atoms with Crippen LogP contribution in [0.3, 0.4) is 0 Å². The Kier molecular flexibility index (Phi) is 5.66. The predicted octanol–water partition coefficient (Wildman–Crippen LogP) is 5.75. The summed E-state index contributed by atoms with van der Waals surface area (Å²) in [6, 6.07) is 11.2. The van der Waals surface area contributed by atoms with Crippen molar-refractivity contribution in [2.45, 2.75) is 19.0 Å². The monoisotopic (exact) mass is 484 g/mol. The summed E-state index contributed by atoms with van der Waals surface area (Å²) in [6.07, 6.45) is -1.47. The van der Waals surface area contributed by atoms with Crippen LogP contribution in [0.25, 0.3) is 33.5 Å². The molecule has 6 nitrogen and oxygen atoms in total. The molecule has 1 unspecified atom stereocenters. The van der Waals surface area contributed by atoms with Gasteiger partial charge in [-0.05, 0) is 60.9 Å². The molecular formula is C25H20F4N4O2. The number of fused-ring (bicyclic) bond motifs is 1. The van der Waals surface area contributed by atoms with Gasteiger partial charge in [-0.3, -0.25) is 4.79 Å². The minimum atomic E-state index is -4.48. The van der Waals surface area contributed by atoms with Crippen molar-refractivity contribution in [2.75, 3.05) is 18.0 Å². The fourth-order valence-electron chi connectivity index (χ4n) is 4.33. The zero-order chi connectivity index (χ0) is 24.7. The average molecular weight is 484 g/mol. The van der Waals surface area contributed by atoms with Crippen LogP contribution in [0.4, 0.5) is 23.4 Å². The van der Waals surface area contributed by atoms with Gasteiger partial charge in [0.1, 0.15) is 17.5 Å². The van der Waals surface area contributed by atoms with Crippen LogP contribution in [-0.2, 0) is 11.0 Å². The van der Waals surface area contributed by atoms with Crippen LogP contribution in [0.15, 0.2) is 54.7 Å². The molecule has 0 amide bonds. The minimum absolute atomic E-state index is 0.134.